The molecule has 2 rings (SSSR count). The molecule has 0 saturated heterocycles. The molecule has 0 spiro atoms. The molecule has 0 aliphatic carbocycles. The highest BCUT2D eigenvalue weighted by atomic mass is 28.5. The van der Waals surface area contributed by atoms with Crippen LogP contribution in [0, 0.1) is 0 Å². The molecule has 6 nitrogen and oxygen atoms in total. The first-order valence-corrected chi connectivity index (χ1v) is 26.1. The van der Waals surface area contributed by atoms with Crippen LogP contribution < -0.4 is 0 Å². The quantitative estimate of drug-likeness (QED) is 0.0662. The normalized spacial score (nSPS) is 14.3. The summed E-state index contributed by atoms with van der Waals surface area (Å²) in [5.41, 5.74) is 3.40. The maximum absolute atomic E-state index is 12.9. The Morgan fingerprint density at radius 3 is 1.68 bits per heavy atom. The van der Waals surface area contributed by atoms with Gasteiger partial charge < -0.3 is 22.4 Å². The van der Waals surface area contributed by atoms with Gasteiger partial charge in [-0.25, -0.2) is 4.79 Å². The smallest absolute Gasteiger partial charge is 0.315 e. The zero-order valence-corrected chi connectivity index (χ0v) is 30.0. The Morgan fingerprint density at radius 2 is 1.23 bits per heavy atom. The number of hydrogen-bond acceptors (Lipinski definition) is 5. The van der Waals surface area contributed by atoms with E-state index in [9.17, 15) is 4.79 Å². The van der Waals surface area contributed by atoms with Crippen LogP contribution in [0.2, 0.25) is 65.0 Å². The standard InChI is InChI=1S/C30H48NO5Si4/c1-31-29(23-22-28(26-18-13-11-14-19-26)27-20-15-12-16-21-27)30(32)33-24-17-25-40(10,35-38(5,6)7)36-39(8,9)34-37(2,3)4/h11-16,18-23H,17,24-25H2,1-10H3/q-1/b29-23-. The molecule has 1 unspecified atom stereocenters. The average Bonchev–Trinajstić information content (AvgIpc) is 2.82. The average molecular weight is 615 g/mol. The molecular formula is C30H48NO5Si4-. The molecule has 0 N–H and O–H groups in total. The minimum absolute atomic E-state index is 0.274. The monoisotopic (exact) mass is 614 g/mol. The van der Waals surface area contributed by atoms with E-state index in [4.69, 9.17) is 17.1 Å². The van der Waals surface area contributed by atoms with Crippen LogP contribution >= 0.6 is 0 Å². The summed E-state index contributed by atoms with van der Waals surface area (Å²) in [5, 5.41) is 4.21. The largest absolute Gasteiger partial charge is 0.681 e. The Kier molecular flexibility index (Phi) is 12.6. The van der Waals surface area contributed by atoms with Gasteiger partial charge in [-0.05, 0) is 88.1 Å². The van der Waals surface area contributed by atoms with Crippen molar-refractivity contribution in [2.75, 3.05) is 13.7 Å². The molecule has 0 radical (unpaired) electrons. The van der Waals surface area contributed by atoms with Gasteiger partial charge in [0.25, 0.3) is 0 Å². The first kappa shape index (κ1) is 34.1. The van der Waals surface area contributed by atoms with Gasteiger partial charge in [-0.3, -0.25) is 0 Å². The zero-order chi connectivity index (χ0) is 30.0. The van der Waals surface area contributed by atoms with E-state index >= 15 is 0 Å². The van der Waals surface area contributed by atoms with E-state index in [1.807, 2.05) is 42.5 Å². The minimum Gasteiger partial charge on any atom is -0.681 e. The fraction of sp³-hybridized carbons (Fsp3) is 0.433. The highest BCUT2D eigenvalue weighted by Crippen LogP contribution is 2.28. The number of nitrogens with zero attached hydrogens (tertiary/aromatic N) is 1. The van der Waals surface area contributed by atoms with Crippen LogP contribution in [0.1, 0.15) is 17.5 Å². The van der Waals surface area contributed by atoms with Gasteiger partial charge in [0.1, 0.15) is 0 Å². The number of ether oxygens (including phenoxy) is 1. The second-order valence-electron chi connectivity index (χ2n) is 12.4. The summed E-state index contributed by atoms with van der Waals surface area (Å²) in [5.74, 6) is -0.439. The van der Waals surface area contributed by atoms with Gasteiger partial charge in [0.15, 0.2) is 16.6 Å². The molecule has 0 aromatic heterocycles. The van der Waals surface area contributed by atoms with Crippen molar-refractivity contribution >= 4 is 45.3 Å². The lowest BCUT2D eigenvalue weighted by Crippen LogP contribution is -2.56. The second-order valence-corrected chi connectivity index (χ2v) is 28.9. The lowest BCUT2D eigenvalue weighted by Gasteiger charge is -2.41. The molecule has 220 valence electrons. The maximum atomic E-state index is 12.9. The number of carbonyl (C=O) groups is 1. The van der Waals surface area contributed by atoms with Crippen molar-refractivity contribution in [2.45, 2.75) is 71.4 Å². The van der Waals surface area contributed by atoms with Crippen molar-refractivity contribution in [3.63, 3.8) is 0 Å². The van der Waals surface area contributed by atoms with Crippen LogP contribution in [0.5, 0.6) is 0 Å². The third-order valence-electron chi connectivity index (χ3n) is 5.57. The number of carbonyl (C=O) groups excluding carboxylic acids is 1. The first-order valence-electron chi connectivity index (χ1n) is 13.9. The Morgan fingerprint density at radius 1 is 0.725 bits per heavy atom. The maximum Gasteiger partial charge on any atom is 0.315 e. The van der Waals surface area contributed by atoms with Crippen LogP contribution in [0.3, 0.4) is 0 Å². The van der Waals surface area contributed by atoms with Crippen molar-refractivity contribution in [2.24, 2.45) is 0 Å². The Hall–Kier alpha value is -2.06. The van der Waals surface area contributed by atoms with Gasteiger partial charge in [0.05, 0.1) is 6.61 Å². The van der Waals surface area contributed by atoms with Crippen molar-refractivity contribution in [1.82, 2.24) is 0 Å². The predicted octanol–water partition coefficient (Wildman–Crippen LogP) is 8.43. The van der Waals surface area contributed by atoms with Crippen molar-refractivity contribution in [3.05, 3.63) is 95.0 Å². The summed E-state index contributed by atoms with van der Waals surface area (Å²) >= 11 is 0. The summed E-state index contributed by atoms with van der Waals surface area (Å²) < 4.78 is 25.5. The molecule has 0 aliphatic rings. The number of esters is 1. The minimum atomic E-state index is -2.55. The Labute approximate surface area is 246 Å². The van der Waals surface area contributed by atoms with Gasteiger partial charge in [0.2, 0.25) is 0 Å². The molecule has 2 aromatic carbocycles. The number of hydrogen-bond donors (Lipinski definition) is 0. The van der Waals surface area contributed by atoms with Gasteiger partial charge in [-0.2, -0.15) is 0 Å². The molecule has 0 fully saturated rings. The molecule has 0 aliphatic heterocycles. The number of rotatable bonds is 15. The van der Waals surface area contributed by atoms with Crippen molar-refractivity contribution in [1.29, 1.82) is 0 Å². The number of allylic oxidation sites excluding steroid dienone is 2. The van der Waals surface area contributed by atoms with Crippen LogP contribution in [-0.4, -0.2) is 53.4 Å². The fourth-order valence-corrected chi connectivity index (χ4v) is 22.6. The Balaban J connectivity index is 2.11. The summed E-state index contributed by atoms with van der Waals surface area (Å²) in [6.07, 6.45) is 4.32. The summed E-state index contributed by atoms with van der Waals surface area (Å²) in [7, 11) is -6.93. The zero-order valence-electron chi connectivity index (χ0n) is 26.0. The van der Waals surface area contributed by atoms with E-state index in [0.717, 1.165) is 22.7 Å². The number of likely N-dealkylation sites (N-methyl/N-ethyl adjacent to an activating group) is 1. The molecule has 1 atom stereocenters. The molecular weight excluding hydrogens is 567 g/mol. The highest BCUT2D eigenvalue weighted by Gasteiger charge is 2.44. The van der Waals surface area contributed by atoms with E-state index in [-0.39, 0.29) is 12.3 Å². The Bertz CT molecular complexity index is 1100. The number of benzene rings is 2. The highest BCUT2D eigenvalue weighted by molar-refractivity contribution is 6.89. The van der Waals surface area contributed by atoms with E-state index in [2.05, 4.69) is 88.5 Å². The van der Waals surface area contributed by atoms with Gasteiger partial charge in [0, 0.05) is 0 Å². The van der Waals surface area contributed by atoms with Gasteiger partial charge in [-0.15, -0.1) is 7.05 Å². The molecule has 0 saturated carbocycles. The van der Waals surface area contributed by atoms with E-state index in [1.165, 1.54) is 0 Å². The SMILES string of the molecule is C[N-]/C(=C\C=C(c1ccccc1)c1ccccc1)C(=O)OCCC[Si](C)(O[Si](C)(C)C)O[Si](C)(C)O[Si](C)(C)C. The van der Waals surface area contributed by atoms with E-state index in [0.29, 0.717) is 6.42 Å². The molecule has 10 heteroatoms. The van der Waals surface area contributed by atoms with Crippen LogP contribution in [0.4, 0.5) is 0 Å². The molecule has 40 heavy (non-hydrogen) atoms. The van der Waals surface area contributed by atoms with Crippen molar-refractivity contribution < 1.29 is 21.9 Å². The summed E-state index contributed by atoms with van der Waals surface area (Å²) in [6.45, 7) is 19.7. The van der Waals surface area contributed by atoms with Crippen molar-refractivity contribution in [3.8, 4) is 0 Å². The third kappa shape index (κ3) is 12.6. The summed E-state index contributed by atoms with van der Waals surface area (Å²) in [6, 6.07) is 20.9. The second kappa shape index (κ2) is 14.7. The van der Waals surface area contributed by atoms with Gasteiger partial charge >= 0.3 is 23.1 Å². The third-order valence-corrected chi connectivity index (χ3v) is 19.1. The van der Waals surface area contributed by atoms with Gasteiger partial charge in [-0.1, -0.05) is 78.5 Å². The molecule has 0 amide bonds. The molecule has 0 bridgehead atoms. The molecule has 2 aromatic rings. The topological polar surface area (TPSA) is 68.1 Å². The van der Waals surface area contributed by atoms with Crippen LogP contribution in [-0.2, 0) is 21.9 Å². The fourth-order valence-electron chi connectivity index (χ4n) is 4.67. The van der Waals surface area contributed by atoms with Crippen LogP contribution in [0.25, 0.3) is 10.9 Å². The van der Waals surface area contributed by atoms with E-state index < -0.39 is 39.7 Å². The van der Waals surface area contributed by atoms with E-state index in [1.54, 1.807) is 13.1 Å². The lowest BCUT2D eigenvalue weighted by atomic mass is 9.97. The molecule has 0 heterocycles. The first-order chi connectivity index (χ1) is 18.5. The predicted molar refractivity (Wildman–Crippen MR) is 177 cm³/mol. The summed E-state index contributed by atoms with van der Waals surface area (Å²) in [4.78, 5) is 12.9. The lowest BCUT2D eigenvalue weighted by molar-refractivity contribution is -0.138. The van der Waals surface area contributed by atoms with Crippen LogP contribution in [0.15, 0.2) is 78.5 Å².